The van der Waals surface area contributed by atoms with E-state index < -0.39 is 0 Å². The number of carbonyl (C=O) groups is 1. The Morgan fingerprint density at radius 3 is 2.19 bits per heavy atom. The number of hydrogen-bond donors (Lipinski definition) is 0. The summed E-state index contributed by atoms with van der Waals surface area (Å²) in [7, 11) is 1.41. The predicted molar refractivity (Wildman–Crippen MR) is 116 cm³/mol. The van der Waals surface area contributed by atoms with Crippen molar-refractivity contribution < 1.29 is 9.53 Å². The van der Waals surface area contributed by atoms with Crippen LogP contribution >= 0.6 is 0 Å². The average molecular weight is 367 g/mol. The molecule has 2 heteroatoms. The van der Waals surface area contributed by atoms with Crippen LogP contribution in [0.5, 0.6) is 0 Å². The third kappa shape index (κ3) is 7.58. The van der Waals surface area contributed by atoms with Gasteiger partial charge in [0, 0.05) is 0 Å². The summed E-state index contributed by atoms with van der Waals surface area (Å²) in [6.45, 7) is 2.27. The second-order valence-corrected chi connectivity index (χ2v) is 7.33. The van der Waals surface area contributed by atoms with Gasteiger partial charge in [0.05, 0.1) is 12.7 Å². The molecule has 146 valence electrons. The van der Waals surface area contributed by atoms with E-state index in [1.165, 1.54) is 70.5 Å². The normalized spacial score (nSPS) is 11.3. The molecular formula is C25H34O2. The fourth-order valence-electron chi connectivity index (χ4n) is 3.40. The minimum Gasteiger partial charge on any atom is -0.465 e. The van der Waals surface area contributed by atoms with Crippen molar-refractivity contribution in [1.82, 2.24) is 0 Å². The van der Waals surface area contributed by atoms with Gasteiger partial charge in [-0.05, 0) is 47.4 Å². The van der Waals surface area contributed by atoms with Crippen molar-refractivity contribution in [1.29, 1.82) is 0 Å². The molecule has 0 radical (unpaired) electrons. The standard InChI is InChI=1S/C25H34O2/c1-3-4-5-6-7-8-9-10-11-12-13-14-21-15-16-23-20-24(25(26)27-2)18-17-22(23)19-21/h13-20H,3-12H2,1-2H3/b14-13+. The van der Waals surface area contributed by atoms with Gasteiger partial charge in [-0.15, -0.1) is 0 Å². The van der Waals surface area contributed by atoms with Crippen LogP contribution in [0.4, 0.5) is 0 Å². The maximum Gasteiger partial charge on any atom is 0.337 e. The molecule has 0 N–H and O–H groups in total. The zero-order chi connectivity index (χ0) is 19.3. The van der Waals surface area contributed by atoms with E-state index in [9.17, 15) is 4.79 Å². The molecule has 0 aliphatic rings. The fraction of sp³-hybridized carbons (Fsp3) is 0.480. The first kappa shape index (κ1) is 21.2. The Hall–Kier alpha value is -2.09. The highest BCUT2D eigenvalue weighted by Crippen LogP contribution is 2.20. The summed E-state index contributed by atoms with van der Waals surface area (Å²) in [5, 5.41) is 2.21. The SMILES string of the molecule is CCCCCCCCCCC/C=C/c1ccc2cc(C(=O)OC)ccc2c1. The number of benzene rings is 2. The summed E-state index contributed by atoms with van der Waals surface area (Å²) in [5.74, 6) is -0.290. The number of rotatable bonds is 12. The number of esters is 1. The molecule has 0 saturated carbocycles. The van der Waals surface area contributed by atoms with Gasteiger partial charge >= 0.3 is 5.97 Å². The molecule has 0 bridgehead atoms. The van der Waals surface area contributed by atoms with Gasteiger partial charge in [-0.3, -0.25) is 0 Å². The molecule has 0 aromatic heterocycles. The first-order valence-corrected chi connectivity index (χ1v) is 10.5. The molecule has 0 aliphatic carbocycles. The Labute approximate surface area is 164 Å². The predicted octanol–water partition coefficient (Wildman–Crippen LogP) is 7.56. The minimum atomic E-state index is -0.290. The minimum absolute atomic E-state index is 0.290. The number of unbranched alkanes of at least 4 members (excludes halogenated alkanes) is 9. The van der Waals surface area contributed by atoms with Crippen molar-refractivity contribution in [2.45, 2.75) is 71.1 Å². The summed E-state index contributed by atoms with van der Waals surface area (Å²) < 4.78 is 4.78. The fourth-order valence-corrected chi connectivity index (χ4v) is 3.40. The number of hydrogen-bond acceptors (Lipinski definition) is 2. The first-order valence-electron chi connectivity index (χ1n) is 10.5. The summed E-state index contributed by atoms with van der Waals surface area (Å²) >= 11 is 0. The maximum atomic E-state index is 11.6. The van der Waals surface area contributed by atoms with E-state index in [-0.39, 0.29) is 5.97 Å². The molecule has 27 heavy (non-hydrogen) atoms. The summed E-state index contributed by atoms with van der Waals surface area (Å²) in [6.07, 6.45) is 18.0. The molecule has 0 fully saturated rings. The van der Waals surface area contributed by atoms with Crippen LogP contribution in [0.3, 0.4) is 0 Å². The largest absolute Gasteiger partial charge is 0.465 e. The zero-order valence-corrected chi connectivity index (χ0v) is 17.0. The van der Waals surface area contributed by atoms with Gasteiger partial charge in [0.1, 0.15) is 0 Å². The van der Waals surface area contributed by atoms with E-state index >= 15 is 0 Å². The van der Waals surface area contributed by atoms with Crippen LogP contribution in [0.25, 0.3) is 16.8 Å². The van der Waals surface area contributed by atoms with Crippen LogP contribution in [0, 0.1) is 0 Å². The highest BCUT2D eigenvalue weighted by Gasteiger charge is 2.05. The number of allylic oxidation sites excluding steroid dienone is 1. The Morgan fingerprint density at radius 1 is 0.852 bits per heavy atom. The van der Waals surface area contributed by atoms with Crippen LogP contribution in [-0.4, -0.2) is 13.1 Å². The quantitative estimate of drug-likeness (QED) is 0.286. The van der Waals surface area contributed by atoms with Crippen LogP contribution in [0.15, 0.2) is 42.5 Å². The molecule has 2 aromatic rings. The lowest BCUT2D eigenvalue weighted by Gasteiger charge is -2.03. The molecule has 2 rings (SSSR count). The smallest absolute Gasteiger partial charge is 0.337 e. The molecular weight excluding hydrogens is 332 g/mol. The molecule has 0 unspecified atom stereocenters. The lowest BCUT2D eigenvalue weighted by atomic mass is 10.0. The lowest BCUT2D eigenvalue weighted by molar-refractivity contribution is 0.0601. The highest BCUT2D eigenvalue weighted by molar-refractivity contribution is 5.95. The van der Waals surface area contributed by atoms with Crippen molar-refractivity contribution in [3.8, 4) is 0 Å². The number of ether oxygens (including phenoxy) is 1. The Morgan fingerprint density at radius 2 is 1.48 bits per heavy atom. The van der Waals surface area contributed by atoms with Crippen molar-refractivity contribution in [3.63, 3.8) is 0 Å². The monoisotopic (exact) mass is 366 g/mol. The highest BCUT2D eigenvalue weighted by atomic mass is 16.5. The second kappa shape index (κ2) is 12.3. The second-order valence-electron chi connectivity index (χ2n) is 7.33. The van der Waals surface area contributed by atoms with E-state index in [4.69, 9.17) is 4.74 Å². The van der Waals surface area contributed by atoms with Gasteiger partial charge in [-0.2, -0.15) is 0 Å². The number of methoxy groups -OCH3 is 1. The maximum absolute atomic E-state index is 11.6. The van der Waals surface area contributed by atoms with Gasteiger partial charge in [-0.25, -0.2) is 4.79 Å². The topological polar surface area (TPSA) is 26.3 Å². The van der Waals surface area contributed by atoms with Gasteiger partial charge < -0.3 is 4.74 Å². The van der Waals surface area contributed by atoms with E-state index in [1.54, 1.807) is 0 Å². The number of carbonyl (C=O) groups excluding carboxylic acids is 1. The average Bonchev–Trinajstić information content (AvgIpc) is 2.71. The third-order valence-electron chi connectivity index (χ3n) is 5.07. The summed E-state index contributed by atoms with van der Waals surface area (Å²) in [5.41, 5.74) is 1.81. The van der Waals surface area contributed by atoms with Crippen LogP contribution in [0.1, 0.15) is 87.1 Å². The van der Waals surface area contributed by atoms with E-state index in [1.807, 2.05) is 18.2 Å². The van der Waals surface area contributed by atoms with Crippen LogP contribution in [-0.2, 0) is 4.74 Å². The zero-order valence-electron chi connectivity index (χ0n) is 17.0. The number of fused-ring (bicyclic) bond motifs is 1. The molecule has 2 nitrogen and oxygen atoms in total. The first-order chi connectivity index (χ1) is 13.2. The van der Waals surface area contributed by atoms with Crippen molar-refractivity contribution in [2.75, 3.05) is 7.11 Å². The van der Waals surface area contributed by atoms with Crippen LogP contribution < -0.4 is 0 Å². The van der Waals surface area contributed by atoms with Crippen molar-refractivity contribution >= 4 is 22.8 Å². The molecule has 0 spiro atoms. The Kier molecular flexibility index (Phi) is 9.68. The Balaban J connectivity index is 1.70. The molecule has 2 aromatic carbocycles. The molecule has 0 saturated heterocycles. The molecule has 0 aliphatic heterocycles. The third-order valence-corrected chi connectivity index (χ3v) is 5.07. The van der Waals surface area contributed by atoms with Gasteiger partial charge in [0.25, 0.3) is 0 Å². The molecule has 0 heterocycles. The molecule has 0 atom stereocenters. The van der Waals surface area contributed by atoms with Crippen molar-refractivity contribution in [3.05, 3.63) is 53.6 Å². The van der Waals surface area contributed by atoms with Gasteiger partial charge in [-0.1, -0.05) is 88.6 Å². The van der Waals surface area contributed by atoms with Crippen molar-refractivity contribution in [2.24, 2.45) is 0 Å². The van der Waals surface area contributed by atoms with E-state index in [0.29, 0.717) is 5.56 Å². The van der Waals surface area contributed by atoms with Gasteiger partial charge in [0.15, 0.2) is 0 Å². The van der Waals surface area contributed by atoms with E-state index in [0.717, 1.165) is 17.2 Å². The Bertz CT molecular complexity index is 730. The van der Waals surface area contributed by atoms with E-state index in [2.05, 4.69) is 37.3 Å². The molecule has 0 amide bonds. The lowest BCUT2D eigenvalue weighted by Crippen LogP contribution is -2.00. The summed E-state index contributed by atoms with van der Waals surface area (Å²) in [6, 6.07) is 12.0. The van der Waals surface area contributed by atoms with Crippen LogP contribution in [0.2, 0.25) is 0 Å². The summed E-state index contributed by atoms with van der Waals surface area (Å²) in [4.78, 5) is 11.6. The van der Waals surface area contributed by atoms with Gasteiger partial charge in [0.2, 0.25) is 0 Å².